The molecule has 0 aliphatic heterocycles. The average molecular weight is 1070 g/mol. The zero-order valence-corrected chi connectivity index (χ0v) is 51.3. The number of unbranched alkanes of at least 4 members (excludes halogenated alkanes) is 46. The summed E-state index contributed by atoms with van der Waals surface area (Å²) in [6.07, 6.45) is 80.2. The van der Waals surface area contributed by atoms with Crippen molar-refractivity contribution in [2.24, 2.45) is 0 Å². The maximum atomic E-state index is 12.9. The van der Waals surface area contributed by atoms with Crippen LogP contribution < -0.4 is 0 Å². The lowest BCUT2D eigenvalue weighted by Crippen LogP contribution is -2.30. The van der Waals surface area contributed by atoms with Gasteiger partial charge in [0, 0.05) is 19.3 Å². The molecule has 6 heteroatoms. The molecule has 0 bridgehead atoms. The lowest BCUT2D eigenvalue weighted by atomic mass is 10.0. The van der Waals surface area contributed by atoms with Gasteiger partial charge in [-0.2, -0.15) is 0 Å². The molecule has 0 aromatic heterocycles. The minimum absolute atomic E-state index is 0.0737. The van der Waals surface area contributed by atoms with Crippen LogP contribution in [0.25, 0.3) is 0 Å². The van der Waals surface area contributed by atoms with Crippen molar-refractivity contribution in [1.82, 2.24) is 0 Å². The molecule has 0 spiro atoms. The third-order valence-corrected chi connectivity index (χ3v) is 15.4. The van der Waals surface area contributed by atoms with Gasteiger partial charge in [-0.05, 0) is 77.0 Å². The Hall–Kier alpha value is -2.37. The van der Waals surface area contributed by atoms with Crippen molar-refractivity contribution in [2.75, 3.05) is 13.2 Å². The molecule has 0 aliphatic rings. The minimum atomic E-state index is -0.779. The highest BCUT2D eigenvalue weighted by Crippen LogP contribution is 2.18. The van der Waals surface area contributed by atoms with Crippen molar-refractivity contribution in [2.45, 2.75) is 380 Å². The maximum absolute atomic E-state index is 12.9. The number of allylic oxidation sites excluding steroid dienone is 6. The second-order valence-electron chi connectivity index (χ2n) is 23.1. The summed E-state index contributed by atoms with van der Waals surface area (Å²) in [7, 11) is 0. The van der Waals surface area contributed by atoms with Gasteiger partial charge in [0.05, 0.1) is 0 Å². The van der Waals surface area contributed by atoms with Crippen molar-refractivity contribution in [3.8, 4) is 0 Å². The molecule has 6 nitrogen and oxygen atoms in total. The Kier molecular flexibility index (Phi) is 63.1. The predicted octanol–water partition coefficient (Wildman–Crippen LogP) is 23.2. The Morgan fingerprint density at radius 2 is 0.474 bits per heavy atom. The van der Waals surface area contributed by atoms with E-state index in [2.05, 4.69) is 57.2 Å². The molecule has 0 rings (SSSR count). The number of carbonyl (C=O) groups is 3. The molecule has 0 radical (unpaired) electrons. The smallest absolute Gasteiger partial charge is 0.306 e. The Bertz CT molecular complexity index is 1270. The van der Waals surface area contributed by atoms with E-state index in [-0.39, 0.29) is 31.1 Å². The van der Waals surface area contributed by atoms with Gasteiger partial charge in [0.15, 0.2) is 6.10 Å². The molecule has 0 saturated carbocycles. The van der Waals surface area contributed by atoms with Crippen LogP contribution in [0.1, 0.15) is 374 Å². The zero-order chi connectivity index (χ0) is 55.0. The average Bonchev–Trinajstić information content (AvgIpc) is 3.42. The number of hydrogen-bond acceptors (Lipinski definition) is 6. The molecule has 0 heterocycles. The summed E-state index contributed by atoms with van der Waals surface area (Å²) in [5.41, 5.74) is 0. The molecule has 0 aromatic rings. The highest BCUT2D eigenvalue weighted by molar-refractivity contribution is 5.71. The van der Waals surface area contributed by atoms with Gasteiger partial charge >= 0.3 is 17.9 Å². The first kappa shape index (κ1) is 73.6. The predicted molar refractivity (Wildman–Crippen MR) is 330 cm³/mol. The Morgan fingerprint density at radius 3 is 0.763 bits per heavy atom. The number of ether oxygens (including phenoxy) is 3. The van der Waals surface area contributed by atoms with Crippen molar-refractivity contribution >= 4 is 17.9 Å². The van der Waals surface area contributed by atoms with E-state index >= 15 is 0 Å². The lowest BCUT2D eigenvalue weighted by molar-refractivity contribution is -0.167. The Balaban J connectivity index is 4.27. The molecule has 0 fully saturated rings. The van der Waals surface area contributed by atoms with Crippen LogP contribution in [0, 0.1) is 0 Å². The number of rotatable bonds is 63. The normalized spacial score (nSPS) is 12.2. The van der Waals surface area contributed by atoms with Crippen LogP contribution in [0.2, 0.25) is 0 Å². The summed E-state index contributed by atoms with van der Waals surface area (Å²) < 4.78 is 17.0. The standard InChI is InChI=1S/C70H130O6/c1-4-7-10-13-16-19-22-25-28-31-32-33-34-35-36-37-38-40-42-45-48-51-54-57-60-63-69(72)75-66-67(65-74-68(71)62-59-56-53-50-47-44-41-30-27-24-21-18-15-12-9-6-3)76-70(73)64-61-58-55-52-49-46-43-39-29-26-23-20-17-14-11-8-5-2/h17,20,26,29-30,41,67H,4-16,18-19,21-25,27-28,31-40,42-66H2,1-3H3/b20-17-,29-26-,41-30-. The third kappa shape index (κ3) is 62.5. The zero-order valence-electron chi connectivity index (χ0n) is 51.3. The molecule has 446 valence electrons. The molecule has 0 N–H and O–H groups in total. The monoisotopic (exact) mass is 1070 g/mol. The SMILES string of the molecule is CCCCC/C=C\C/C=C\CCCCCCCCCC(=O)OC(COC(=O)CCCCCCC/C=C\CCCCCCCCC)COC(=O)CCCCCCCCCCCCCCCCCCCCCCCCCCC. The van der Waals surface area contributed by atoms with Crippen LogP contribution in [0.3, 0.4) is 0 Å². The van der Waals surface area contributed by atoms with Gasteiger partial charge in [-0.3, -0.25) is 14.4 Å². The van der Waals surface area contributed by atoms with E-state index in [1.165, 1.54) is 257 Å². The Morgan fingerprint density at radius 1 is 0.263 bits per heavy atom. The van der Waals surface area contributed by atoms with Crippen molar-refractivity contribution in [3.63, 3.8) is 0 Å². The molecule has 76 heavy (non-hydrogen) atoms. The minimum Gasteiger partial charge on any atom is -0.462 e. The second kappa shape index (κ2) is 65.2. The van der Waals surface area contributed by atoms with Crippen LogP contribution >= 0.6 is 0 Å². The molecular weight excluding hydrogens is 937 g/mol. The Labute approximate surface area is 474 Å². The van der Waals surface area contributed by atoms with E-state index in [9.17, 15) is 14.4 Å². The maximum Gasteiger partial charge on any atom is 0.306 e. The first-order valence-corrected chi connectivity index (χ1v) is 34.0. The van der Waals surface area contributed by atoms with E-state index in [1.54, 1.807) is 0 Å². The van der Waals surface area contributed by atoms with Crippen molar-refractivity contribution in [1.29, 1.82) is 0 Å². The van der Waals surface area contributed by atoms with Gasteiger partial charge in [0.1, 0.15) is 13.2 Å². The highest BCUT2D eigenvalue weighted by Gasteiger charge is 2.19. The fraction of sp³-hybridized carbons (Fsp3) is 0.871. The van der Waals surface area contributed by atoms with E-state index in [4.69, 9.17) is 14.2 Å². The molecule has 1 unspecified atom stereocenters. The number of hydrogen-bond donors (Lipinski definition) is 0. The van der Waals surface area contributed by atoms with Crippen LogP contribution in [-0.2, 0) is 28.6 Å². The first-order chi connectivity index (χ1) is 37.5. The van der Waals surface area contributed by atoms with Crippen LogP contribution in [0.15, 0.2) is 36.5 Å². The van der Waals surface area contributed by atoms with Gasteiger partial charge in [-0.25, -0.2) is 0 Å². The molecule has 1 atom stereocenters. The summed E-state index contributed by atoms with van der Waals surface area (Å²) >= 11 is 0. The van der Waals surface area contributed by atoms with E-state index in [0.29, 0.717) is 19.3 Å². The van der Waals surface area contributed by atoms with Crippen LogP contribution in [0.4, 0.5) is 0 Å². The largest absolute Gasteiger partial charge is 0.462 e. The van der Waals surface area contributed by atoms with E-state index in [1.807, 2.05) is 0 Å². The highest BCUT2D eigenvalue weighted by atomic mass is 16.6. The lowest BCUT2D eigenvalue weighted by Gasteiger charge is -2.18. The topological polar surface area (TPSA) is 78.9 Å². The third-order valence-electron chi connectivity index (χ3n) is 15.4. The van der Waals surface area contributed by atoms with E-state index in [0.717, 1.165) is 77.0 Å². The fourth-order valence-corrected chi connectivity index (χ4v) is 10.2. The van der Waals surface area contributed by atoms with Gasteiger partial charge in [0.25, 0.3) is 0 Å². The molecule has 0 aromatic carbocycles. The van der Waals surface area contributed by atoms with E-state index < -0.39 is 6.10 Å². The van der Waals surface area contributed by atoms with Crippen LogP contribution in [-0.4, -0.2) is 37.2 Å². The first-order valence-electron chi connectivity index (χ1n) is 34.0. The second-order valence-corrected chi connectivity index (χ2v) is 23.1. The summed E-state index contributed by atoms with van der Waals surface area (Å²) in [5.74, 6) is -0.864. The summed E-state index contributed by atoms with van der Waals surface area (Å²) in [6.45, 7) is 6.67. The number of esters is 3. The van der Waals surface area contributed by atoms with Gasteiger partial charge in [0.2, 0.25) is 0 Å². The van der Waals surface area contributed by atoms with Crippen molar-refractivity contribution in [3.05, 3.63) is 36.5 Å². The van der Waals surface area contributed by atoms with Gasteiger partial charge in [-0.15, -0.1) is 0 Å². The molecule has 0 amide bonds. The fourth-order valence-electron chi connectivity index (χ4n) is 10.2. The summed E-state index contributed by atoms with van der Waals surface area (Å²) in [4.78, 5) is 38.4. The number of carbonyl (C=O) groups excluding carboxylic acids is 3. The van der Waals surface area contributed by atoms with Crippen molar-refractivity contribution < 1.29 is 28.6 Å². The molecule has 0 aliphatic carbocycles. The molecule has 0 saturated heterocycles. The van der Waals surface area contributed by atoms with Crippen LogP contribution in [0.5, 0.6) is 0 Å². The summed E-state index contributed by atoms with van der Waals surface area (Å²) in [5, 5.41) is 0. The summed E-state index contributed by atoms with van der Waals surface area (Å²) in [6, 6.07) is 0. The quantitative estimate of drug-likeness (QED) is 0.0261. The van der Waals surface area contributed by atoms with Gasteiger partial charge in [-0.1, -0.05) is 314 Å². The van der Waals surface area contributed by atoms with Gasteiger partial charge < -0.3 is 14.2 Å². The molecular formula is C70H130O6.